The summed E-state index contributed by atoms with van der Waals surface area (Å²) >= 11 is 0. The van der Waals surface area contributed by atoms with Gasteiger partial charge < -0.3 is 20.1 Å². The molecule has 3 saturated heterocycles. The number of hydrogen-bond donors (Lipinski definition) is 2. The van der Waals surface area contributed by atoms with E-state index in [0.717, 1.165) is 50.9 Å². The maximum absolute atomic E-state index is 5.97. The Balaban J connectivity index is 0.00000256. The fourth-order valence-corrected chi connectivity index (χ4v) is 4.82. The summed E-state index contributed by atoms with van der Waals surface area (Å²) in [5.74, 6) is 2.57. The first-order valence-electron chi connectivity index (χ1n) is 11.3. The van der Waals surface area contributed by atoms with Gasteiger partial charge in [-0.2, -0.15) is 0 Å². The summed E-state index contributed by atoms with van der Waals surface area (Å²) in [4.78, 5) is 7.47. The number of benzene rings is 1. The van der Waals surface area contributed by atoms with E-state index < -0.39 is 0 Å². The molecule has 0 saturated carbocycles. The number of fused-ring (bicyclic) bond motifs is 2. The molecular formula is C23H37IN4O2. The van der Waals surface area contributed by atoms with Crippen molar-refractivity contribution < 1.29 is 9.47 Å². The minimum atomic E-state index is 0. The highest BCUT2D eigenvalue weighted by atomic mass is 127. The summed E-state index contributed by atoms with van der Waals surface area (Å²) in [5, 5.41) is 7.05. The van der Waals surface area contributed by atoms with Gasteiger partial charge in [0.25, 0.3) is 0 Å². The van der Waals surface area contributed by atoms with Gasteiger partial charge in [-0.05, 0) is 75.7 Å². The van der Waals surface area contributed by atoms with Crippen LogP contribution in [-0.2, 0) is 11.3 Å². The Kier molecular flexibility index (Phi) is 9.07. The summed E-state index contributed by atoms with van der Waals surface area (Å²) < 4.78 is 11.2. The van der Waals surface area contributed by atoms with Crippen LogP contribution < -0.4 is 15.4 Å². The number of aliphatic imine (C=N–C) groups is 1. The Bertz CT molecular complexity index is 676. The van der Waals surface area contributed by atoms with E-state index in [2.05, 4.69) is 34.6 Å². The van der Waals surface area contributed by atoms with Crippen LogP contribution in [0.3, 0.4) is 0 Å². The number of nitrogens with one attached hydrogen (secondary N) is 2. The third kappa shape index (κ3) is 6.23. The van der Waals surface area contributed by atoms with E-state index in [4.69, 9.17) is 14.5 Å². The lowest BCUT2D eigenvalue weighted by Crippen LogP contribution is -2.47. The number of ether oxygens (including phenoxy) is 2. The second-order valence-electron chi connectivity index (χ2n) is 8.65. The Labute approximate surface area is 198 Å². The predicted octanol–water partition coefficient (Wildman–Crippen LogP) is 3.40. The van der Waals surface area contributed by atoms with Gasteiger partial charge in [0.2, 0.25) is 0 Å². The van der Waals surface area contributed by atoms with Crippen molar-refractivity contribution in [2.45, 2.75) is 63.8 Å². The molecule has 0 amide bonds. The van der Waals surface area contributed by atoms with E-state index in [1.165, 1.54) is 31.2 Å². The molecule has 168 valence electrons. The van der Waals surface area contributed by atoms with Gasteiger partial charge in [-0.25, -0.2) is 0 Å². The molecule has 6 nitrogen and oxygen atoms in total. The van der Waals surface area contributed by atoms with Crippen molar-refractivity contribution in [3.05, 3.63) is 29.8 Å². The fourth-order valence-electron chi connectivity index (χ4n) is 4.82. The third-order valence-corrected chi connectivity index (χ3v) is 6.55. The van der Waals surface area contributed by atoms with Crippen molar-refractivity contribution in [1.29, 1.82) is 0 Å². The van der Waals surface area contributed by atoms with Gasteiger partial charge in [0.15, 0.2) is 5.96 Å². The Morgan fingerprint density at radius 2 is 1.93 bits per heavy atom. The number of halogens is 1. The van der Waals surface area contributed by atoms with E-state index in [-0.39, 0.29) is 24.0 Å². The Hall–Kier alpha value is -1.06. The fraction of sp³-hybridized carbons (Fsp3) is 0.696. The number of piperidine rings is 1. The van der Waals surface area contributed by atoms with Crippen molar-refractivity contribution in [1.82, 2.24) is 15.5 Å². The van der Waals surface area contributed by atoms with Crippen molar-refractivity contribution in [3.8, 4) is 5.75 Å². The van der Waals surface area contributed by atoms with Crippen LogP contribution in [0.5, 0.6) is 5.75 Å². The third-order valence-electron chi connectivity index (χ3n) is 6.55. The highest BCUT2D eigenvalue weighted by Crippen LogP contribution is 2.34. The van der Waals surface area contributed by atoms with Gasteiger partial charge in [-0.3, -0.25) is 9.89 Å². The molecule has 1 aromatic rings. The quantitative estimate of drug-likeness (QED) is 0.323. The molecule has 3 atom stereocenters. The molecule has 0 aliphatic carbocycles. The van der Waals surface area contributed by atoms with Crippen LogP contribution in [0.2, 0.25) is 0 Å². The van der Waals surface area contributed by atoms with Crippen molar-refractivity contribution >= 4 is 29.9 Å². The van der Waals surface area contributed by atoms with Gasteiger partial charge >= 0.3 is 0 Å². The van der Waals surface area contributed by atoms with Crippen LogP contribution in [0, 0.1) is 5.92 Å². The van der Waals surface area contributed by atoms with Gasteiger partial charge in [0, 0.05) is 19.6 Å². The van der Waals surface area contributed by atoms with Crippen LogP contribution >= 0.6 is 24.0 Å². The van der Waals surface area contributed by atoms with Gasteiger partial charge in [0.1, 0.15) is 5.75 Å². The van der Waals surface area contributed by atoms with E-state index in [0.29, 0.717) is 24.2 Å². The highest BCUT2D eigenvalue weighted by molar-refractivity contribution is 14.0. The molecule has 3 unspecified atom stereocenters. The Morgan fingerprint density at radius 1 is 1.17 bits per heavy atom. The summed E-state index contributed by atoms with van der Waals surface area (Å²) in [5.41, 5.74) is 1.36. The molecule has 3 aliphatic rings. The van der Waals surface area contributed by atoms with Crippen molar-refractivity contribution in [2.75, 3.05) is 33.3 Å². The molecule has 3 heterocycles. The van der Waals surface area contributed by atoms with Crippen LogP contribution in [0.15, 0.2) is 29.3 Å². The molecule has 0 aromatic heterocycles. The number of guanidine groups is 1. The first kappa shape index (κ1) is 23.6. The van der Waals surface area contributed by atoms with Gasteiger partial charge in [-0.15, -0.1) is 24.0 Å². The normalized spacial score (nSPS) is 27.0. The second-order valence-corrected chi connectivity index (χ2v) is 8.65. The number of methoxy groups -OCH3 is 1. The smallest absolute Gasteiger partial charge is 0.191 e. The summed E-state index contributed by atoms with van der Waals surface area (Å²) in [6.07, 6.45) is 6.83. The van der Waals surface area contributed by atoms with Gasteiger partial charge in [0.05, 0.1) is 25.4 Å². The highest BCUT2D eigenvalue weighted by Gasteiger charge is 2.41. The second kappa shape index (κ2) is 11.5. The Morgan fingerprint density at radius 3 is 2.53 bits per heavy atom. The van der Waals surface area contributed by atoms with Crippen LogP contribution in [0.4, 0.5) is 0 Å². The largest absolute Gasteiger partial charge is 0.497 e. The maximum Gasteiger partial charge on any atom is 0.191 e. The molecular weight excluding hydrogens is 491 g/mol. The van der Waals surface area contributed by atoms with E-state index in [1.807, 2.05) is 12.1 Å². The lowest BCUT2D eigenvalue weighted by atomic mass is 9.95. The lowest BCUT2D eigenvalue weighted by molar-refractivity contribution is 0.0992. The van der Waals surface area contributed by atoms with Crippen molar-refractivity contribution in [2.24, 2.45) is 10.9 Å². The standard InChI is InChI=1S/C23H36N4O2.HI/c1-3-24-23(26-21-14-20-8-9-22(21)29-20)25-15-17-10-12-27(13-11-17)16-18-4-6-19(28-2)7-5-18;/h4-7,17,20-22H,3,8-16H2,1-2H3,(H2,24,25,26);1H. The molecule has 1 aromatic carbocycles. The molecule has 7 heteroatoms. The molecule has 0 spiro atoms. The lowest BCUT2D eigenvalue weighted by Gasteiger charge is -2.31. The van der Waals surface area contributed by atoms with Crippen LogP contribution in [0.25, 0.3) is 0 Å². The number of likely N-dealkylation sites (tertiary alicyclic amines) is 1. The minimum Gasteiger partial charge on any atom is -0.497 e. The average Bonchev–Trinajstić information content (AvgIpc) is 3.37. The molecule has 2 bridgehead atoms. The topological polar surface area (TPSA) is 58.1 Å². The SMILES string of the molecule is CCNC(=NCC1CCN(Cc2ccc(OC)cc2)CC1)NC1CC2CCC1O2.I. The van der Waals surface area contributed by atoms with Crippen molar-refractivity contribution in [3.63, 3.8) is 0 Å². The monoisotopic (exact) mass is 528 g/mol. The predicted molar refractivity (Wildman–Crippen MR) is 132 cm³/mol. The molecule has 2 N–H and O–H groups in total. The zero-order valence-electron chi connectivity index (χ0n) is 18.3. The van der Waals surface area contributed by atoms with E-state index in [1.54, 1.807) is 7.11 Å². The first-order chi connectivity index (χ1) is 14.2. The minimum absolute atomic E-state index is 0. The maximum atomic E-state index is 5.97. The number of nitrogens with zero attached hydrogens (tertiary/aromatic N) is 2. The molecule has 30 heavy (non-hydrogen) atoms. The summed E-state index contributed by atoms with van der Waals surface area (Å²) in [6, 6.07) is 8.87. The van der Waals surface area contributed by atoms with Crippen LogP contribution in [-0.4, -0.2) is 62.4 Å². The number of rotatable bonds is 7. The van der Waals surface area contributed by atoms with Gasteiger partial charge in [-0.1, -0.05) is 12.1 Å². The first-order valence-corrected chi connectivity index (χ1v) is 11.3. The summed E-state index contributed by atoms with van der Waals surface area (Å²) in [6.45, 7) is 7.26. The molecule has 4 rings (SSSR count). The average molecular weight is 528 g/mol. The zero-order chi connectivity index (χ0) is 20.1. The van der Waals surface area contributed by atoms with E-state index >= 15 is 0 Å². The van der Waals surface area contributed by atoms with Crippen LogP contribution in [0.1, 0.15) is 44.6 Å². The van der Waals surface area contributed by atoms with E-state index in [9.17, 15) is 0 Å². The summed E-state index contributed by atoms with van der Waals surface area (Å²) in [7, 11) is 1.71. The molecule has 3 fully saturated rings. The molecule has 0 radical (unpaired) electrons. The molecule has 3 aliphatic heterocycles. The zero-order valence-corrected chi connectivity index (χ0v) is 20.6. The number of hydrogen-bond acceptors (Lipinski definition) is 4.